The number of carbonyl (C=O) groups is 2. The molecule has 4 nitrogen and oxygen atoms in total. The van der Waals surface area contributed by atoms with E-state index >= 15 is 0 Å². The van der Waals surface area contributed by atoms with E-state index in [1.165, 1.54) is 5.56 Å². The van der Waals surface area contributed by atoms with Crippen molar-refractivity contribution in [1.82, 2.24) is 0 Å². The number of esters is 1. The van der Waals surface area contributed by atoms with Gasteiger partial charge in [0.2, 0.25) is 5.91 Å². The molecule has 0 saturated heterocycles. The molecule has 0 unspecified atom stereocenters. The largest absolute Gasteiger partial charge is 0.466 e. The Morgan fingerprint density at radius 2 is 1.72 bits per heavy atom. The minimum Gasteiger partial charge on any atom is -0.466 e. The molecule has 0 bridgehead atoms. The Morgan fingerprint density at radius 3 is 2.33 bits per heavy atom. The van der Waals surface area contributed by atoms with Gasteiger partial charge in [0, 0.05) is 5.69 Å². The van der Waals surface area contributed by atoms with Gasteiger partial charge < -0.3 is 10.1 Å². The number of carbonyl (C=O) groups excluding carboxylic acids is 2. The number of rotatable bonds is 4. The van der Waals surface area contributed by atoms with Crippen LogP contribution in [0.3, 0.4) is 0 Å². The third kappa shape index (κ3) is 3.87. The van der Waals surface area contributed by atoms with Gasteiger partial charge in [0.1, 0.15) is 6.42 Å². The van der Waals surface area contributed by atoms with Gasteiger partial charge in [0.25, 0.3) is 0 Å². The van der Waals surface area contributed by atoms with Crippen LogP contribution in [0.2, 0.25) is 0 Å². The Labute approximate surface area is 107 Å². The van der Waals surface area contributed by atoms with E-state index in [0.29, 0.717) is 0 Å². The predicted molar refractivity (Wildman–Crippen MR) is 70.5 cm³/mol. The maximum Gasteiger partial charge on any atom is 0.315 e. The Bertz CT molecular complexity index is 466. The molecule has 1 aromatic carbocycles. The first-order valence-electron chi connectivity index (χ1n) is 5.97. The Kier molecular flexibility index (Phi) is 4.89. The van der Waals surface area contributed by atoms with Gasteiger partial charge in [-0.25, -0.2) is 0 Å². The van der Waals surface area contributed by atoms with E-state index in [-0.39, 0.29) is 18.9 Å². The van der Waals surface area contributed by atoms with Crippen molar-refractivity contribution < 1.29 is 14.3 Å². The van der Waals surface area contributed by atoms with Gasteiger partial charge in [-0.3, -0.25) is 9.59 Å². The summed E-state index contributed by atoms with van der Waals surface area (Å²) >= 11 is 0. The number of hydrogen-bond acceptors (Lipinski definition) is 3. The SMILES string of the molecule is CCOC(=O)CC(=O)Nc1cc(C)c(C)cc1C. The Morgan fingerprint density at radius 1 is 1.11 bits per heavy atom. The van der Waals surface area contributed by atoms with Crippen molar-refractivity contribution in [3.8, 4) is 0 Å². The van der Waals surface area contributed by atoms with E-state index in [0.717, 1.165) is 16.8 Å². The summed E-state index contributed by atoms with van der Waals surface area (Å²) in [5.41, 5.74) is 4.01. The summed E-state index contributed by atoms with van der Waals surface area (Å²) in [6.07, 6.45) is -0.250. The lowest BCUT2D eigenvalue weighted by Gasteiger charge is -2.11. The lowest BCUT2D eigenvalue weighted by molar-refractivity contribution is -0.145. The number of hydrogen-bond donors (Lipinski definition) is 1. The number of nitrogens with one attached hydrogen (secondary N) is 1. The van der Waals surface area contributed by atoms with Crippen LogP contribution in [-0.2, 0) is 14.3 Å². The third-order valence-electron chi connectivity index (χ3n) is 2.73. The van der Waals surface area contributed by atoms with Gasteiger partial charge in [-0.05, 0) is 50.5 Å². The van der Waals surface area contributed by atoms with Gasteiger partial charge in [0.05, 0.1) is 6.61 Å². The molecule has 0 aliphatic heterocycles. The van der Waals surface area contributed by atoms with E-state index in [4.69, 9.17) is 4.74 Å². The van der Waals surface area contributed by atoms with Gasteiger partial charge in [-0.2, -0.15) is 0 Å². The molecule has 0 aromatic heterocycles. The molecule has 0 saturated carbocycles. The van der Waals surface area contributed by atoms with Crippen molar-refractivity contribution in [3.05, 3.63) is 28.8 Å². The molecule has 0 fully saturated rings. The number of benzene rings is 1. The van der Waals surface area contributed by atoms with Crippen LogP contribution < -0.4 is 5.32 Å². The van der Waals surface area contributed by atoms with Gasteiger partial charge in [-0.1, -0.05) is 6.07 Å². The summed E-state index contributed by atoms with van der Waals surface area (Å²) in [7, 11) is 0. The fourth-order valence-corrected chi connectivity index (χ4v) is 1.63. The van der Waals surface area contributed by atoms with Crippen LogP contribution in [0, 0.1) is 20.8 Å². The van der Waals surface area contributed by atoms with Crippen LogP contribution in [0.15, 0.2) is 12.1 Å². The molecule has 1 amide bonds. The third-order valence-corrected chi connectivity index (χ3v) is 2.73. The molecule has 0 spiro atoms. The van der Waals surface area contributed by atoms with Crippen LogP contribution in [-0.4, -0.2) is 18.5 Å². The highest BCUT2D eigenvalue weighted by atomic mass is 16.5. The molecule has 1 rings (SSSR count). The monoisotopic (exact) mass is 249 g/mol. The number of aryl methyl sites for hydroxylation is 3. The molecule has 1 aromatic rings. The zero-order valence-electron chi connectivity index (χ0n) is 11.3. The van der Waals surface area contributed by atoms with Crippen molar-refractivity contribution in [2.75, 3.05) is 11.9 Å². The predicted octanol–water partition coefficient (Wildman–Crippen LogP) is 2.50. The average Bonchev–Trinajstić information content (AvgIpc) is 2.26. The average molecular weight is 249 g/mol. The van der Waals surface area contributed by atoms with Gasteiger partial charge in [0.15, 0.2) is 0 Å². The first-order chi connectivity index (χ1) is 8.43. The van der Waals surface area contributed by atoms with Gasteiger partial charge >= 0.3 is 5.97 Å². The summed E-state index contributed by atoms with van der Waals surface area (Å²) in [5.74, 6) is -0.851. The van der Waals surface area contributed by atoms with Crippen LogP contribution in [0.5, 0.6) is 0 Å². The van der Waals surface area contributed by atoms with Crippen molar-refractivity contribution in [3.63, 3.8) is 0 Å². The first-order valence-corrected chi connectivity index (χ1v) is 5.97. The van der Waals surface area contributed by atoms with Crippen LogP contribution in [0.25, 0.3) is 0 Å². The van der Waals surface area contributed by atoms with E-state index in [9.17, 15) is 9.59 Å². The minimum absolute atomic E-state index is 0.250. The first kappa shape index (κ1) is 14.2. The van der Waals surface area contributed by atoms with Crippen molar-refractivity contribution in [2.24, 2.45) is 0 Å². The fourth-order valence-electron chi connectivity index (χ4n) is 1.63. The van der Waals surface area contributed by atoms with E-state index < -0.39 is 5.97 Å². The Balaban J connectivity index is 2.70. The molecule has 0 aliphatic rings. The fraction of sp³-hybridized carbons (Fsp3) is 0.429. The molecule has 18 heavy (non-hydrogen) atoms. The quantitative estimate of drug-likeness (QED) is 0.659. The lowest BCUT2D eigenvalue weighted by atomic mass is 10.0. The second-order valence-corrected chi connectivity index (χ2v) is 4.28. The normalized spacial score (nSPS) is 10.0. The molecule has 0 aliphatic carbocycles. The van der Waals surface area contributed by atoms with Crippen molar-refractivity contribution in [1.29, 1.82) is 0 Å². The highest BCUT2D eigenvalue weighted by Gasteiger charge is 2.11. The Hall–Kier alpha value is -1.84. The van der Waals surface area contributed by atoms with Gasteiger partial charge in [-0.15, -0.1) is 0 Å². The highest BCUT2D eigenvalue weighted by Crippen LogP contribution is 2.20. The standard InChI is InChI=1S/C14H19NO3/c1-5-18-14(17)8-13(16)15-12-7-10(3)9(2)6-11(12)4/h6-7H,5,8H2,1-4H3,(H,15,16). The summed E-state index contributed by atoms with van der Waals surface area (Å²) in [4.78, 5) is 22.8. The van der Waals surface area contributed by atoms with Crippen LogP contribution in [0.1, 0.15) is 30.0 Å². The number of anilines is 1. The molecule has 4 heteroatoms. The molecule has 0 heterocycles. The van der Waals surface area contributed by atoms with Crippen LogP contribution in [0.4, 0.5) is 5.69 Å². The number of amides is 1. The summed E-state index contributed by atoms with van der Waals surface area (Å²) in [6, 6.07) is 3.92. The second kappa shape index (κ2) is 6.19. The maximum atomic E-state index is 11.6. The zero-order chi connectivity index (χ0) is 13.7. The van der Waals surface area contributed by atoms with E-state index in [1.807, 2.05) is 32.9 Å². The minimum atomic E-state index is -0.503. The highest BCUT2D eigenvalue weighted by molar-refractivity contribution is 6.02. The van der Waals surface area contributed by atoms with Crippen molar-refractivity contribution in [2.45, 2.75) is 34.1 Å². The maximum absolute atomic E-state index is 11.6. The van der Waals surface area contributed by atoms with Crippen molar-refractivity contribution >= 4 is 17.6 Å². The molecule has 0 atom stereocenters. The second-order valence-electron chi connectivity index (χ2n) is 4.28. The zero-order valence-corrected chi connectivity index (χ0v) is 11.3. The topological polar surface area (TPSA) is 55.4 Å². The molecule has 1 N–H and O–H groups in total. The summed E-state index contributed by atoms with van der Waals surface area (Å²) in [5, 5.41) is 2.73. The molecule has 0 radical (unpaired) electrons. The summed E-state index contributed by atoms with van der Waals surface area (Å²) < 4.78 is 4.72. The van der Waals surface area contributed by atoms with E-state index in [1.54, 1.807) is 6.92 Å². The summed E-state index contributed by atoms with van der Waals surface area (Å²) in [6.45, 7) is 7.92. The molecular weight excluding hydrogens is 230 g/mol. The smallest absolute Gasteiger partial charge is 0.315 e. The molecule has 98 valence electrons. The van der Waals surface area contributed by atoms with E-state index in [2.05, 4.69) is 5.32 Å². The van der Waals surface area contributed by atoms with Crippen LogP contribution >= 0.6 is 0 Å². The lowest BCUT2D eigenvalue weighted by Crippen LogP contribution is -2.18. The molecular formula is C14H19NO3. The number of ether oxygens (including phenoxy) is 1.